The van der Waals surface area contributed by atoms with Crippen molar-refractivity contribution in [3.05, 3.63) is 18.0 Å². The van der Waals surface area contributed by atoms with E-state index in [1.165, 1.54) is 19.5 Å². The Morgan fingerprint density at radius 2 is 2.00 bits per heavy atom. The van der Waals surface area contributed by atoms with Crippen LogP contribution in [0.4, 0.5) is 5.95 Å². The Kier molecular flexibility index (Phi) is 4.68. The molecule has 104 valence electrons. The molecule has 0 atom stereocenters. The summed E-state index contributed by atoms with van der Waals surface area (Å²) in [5.74, 6) is 0.283. The van der Waals surface area contributed by atoms with Gasteiger partial charge in [-0.05, 0) is 19.5 Å². The van der Waals surface area contributed by atoms with E-state index in [1.54, 1.807) is 0 Å². The fourth-order valence-electron chi connectivity index (χ4n) is 2.19. The van der Waals surface area contributed by atoms with Gasteiger partial charge in [0.25, 0.3) is 0 Å². The Balaban J connectivity index is 2.03. The molecule has 0 unspecified atom stereocenters. The van der Waals surface area contributed by atoms with Crippen molar-refractivity contribution < 1.29 is 9.53 Å². The van der Waals surface area contributed by atoms with Crippen LogP contribution in [-0.2, 0) is 4.74 Å². The third-order valence-electron chi connectivity index (χ3n) is 3.38. The minimum Gasteiger partial charge on any atom is -0.465 e. The maximum Gasteiger partial charge on any atom is 0.341 e. The van der Waals surface area contributed by atoms with Gasteiger partial charge in [0.2, 0.25) is 5.95 Å². The molecule has 0 spiro atoms. The summed E-state index contributed by atoms with van der Waals surface area (Å²) in [7, 11) is 1.35. The van der Waals surface area contributed by atoms with E-state index >= 15 is 0 Å². The molecule has 1 aromatic heterocycles. The Bertz CT molecular complexity index is 421. The van der Waals surface area contributed by atoms with E-state index in [4.69, 9.17) is 0 Å². The zero-order valence-corrected chi connectivity index (χ0v) is 11.5. The van der Waals surface area contributed by atoms with Crippen LogP contribution in [0.25, 0.3) is 0 Å². The summed E-state index contributed by atoms with van der Waals surface area (Å²) < 4.78 is 4.63. The highest BCUT2D eigenvalue weighted by molar-refractivity contribution is 5.88. The Hall–Kier alpha value is -1.69. The number of esters is 1. The highest BCUT2D eigenvalue weighted by Gasteiger charge is 2.16. The van der Waals surface area contributed by atoms with Gasteiger partial charge in [-0.1, -0.05) is 6.92 Å². The van der Waals surface area contributed by atoms with Crippen molar-refractivity contribution in [3.63, 3.8) is 0 Å². The van der Waals surface area contributed by atoms with Gasteiger partial charge in [0.15, 0.2) is 0 Å². The molecule has 6 heteroatoms. The molecule has 2 heterocycles. The third kappa shape index (κ3) is 3.41. The molecule has 0 aromatic carbocycles. The zero-order chi connectivity index (χ0) is 13.7. The van der Waals surface area contributed by atoms with Crippen molar-refractivity contribution in [2.24, 2.45) is 0 Å². The SMILES string of the molecule is CCN1CCCN(c2ncc(C(=O)OC)cn2)CC1. The number of aromatic nitrogens is 2. The van der Waals surface area contributed by atoms with Crippen LogP contribution in [0.15, 0.2) is 12.4 Å². The predicted octanol–water partition coefficient (Wildman–Crippen LogP) is 0.795. The molecule has 0 radical (unpaired) electrons. The van der Waals surface area contributed by atoms with Gasteiger partial charge < -0.3 is 14.5 Å². The molecule has 1 saturated heterocycles. The summed E-state index contributed by atoms with van der Waals surface area (Å²) in [6.07, 6.45) is 4.16. The first-order valence-corrected chi connectivity index (χ1v) is 6.62. The lowest BCUT2D eigenvalue weighted by atomic mass is 10.3. The van der Waals surface area contributed by atoms with Crippen molar-refractivity contribution in [2.45, 2.75) is 13.3 Å². The summed E-state index contributed by atoms with van der Waals surface area (Å²) in [5, 5.41) is 0. The molecule has 1 aliphatic rings. The largest absolute Gasteiger partial charge is 0.465 e. The van der Waals surface area contributed by atoms with Crippen molar-refractivity contribution >= 4 is 11.9 Å². The lowest BCUT2D eigenvalue weighted by Gasteiger charge is -2.20. The van der Waals surface area contributed by atoms with E-state index in [1.807, 2.05) is 0 Å². The highest BCUT2D eigenvalue weighted by Crippen LogP contribution is 2.11. The van der Waals surface area contributed by atoms with E-state index in [2.05, 4.69) is 31.4 Å². The number of hydrogen-bond donors (Lipinski definition) is 0. The van der Waals surface area contributed by atoms with Crippen molar-refractivity contribution in [1.82, 2.24) is 14.9 Å². The summed E-state index contributed by atoms with van der Waals surface area (Å²) in [5.41, 5.74) is 0.385. The van der Waals surface area contributed by atoms with Gasteiger partial charge in [0.1, 0.15) is 0 Å². The first kappa shape index (κ1) is 13.7. The van der Waals surface area contributed by atoms with Gasteiger partial charge in [0.05, 0.1) is 12.7 Å². The van der Waals surface area contributed by atoms with Crippen LogP contribution in [0.1, 0.15) is 23.7 Å². The Morgan fingerprint density at radius 1 is 1.26 bits per heavy atom. The summed E-state index contributed by atoms with van der Waals surface area (Å²) in [6.45, 7) is 7.28. The third-order valence-corrected chi connectivity index (χ3v) is 3.38. The van der Waals surface area contributed by atoms with Crippen LogP contribution in [0.2, 0.25) is 0 Å². The van der Waals surface area contributed by atoms with E-state index in [9.17, 15) is 4.79 Å². The van der Waals surface area contributed by atoms with E-state index in [-0.39, 0.29) is 0 Å². The van der Waals surface area contributed by atoms with Gasteiger partial charge >= 0.3 is 5.97 Å². The molecule has 0 saturated carbocycles. The molecule has 2 rings (SSSR count). The number of carbonyl (C=O) groups is 1. The lowest BCUT2D eigenvalue weighted by molar-refractivity contribution is 0.0600. The fraction of sp³-hybridized carbons (Fsp3) is 0.615. The molecule has 1 aromatic rings. The number of rotatable bonds is 3. The molecular weight excluding hydrogens is 244 g/mol. The minimum absolute atomic E-state index is 0.385. The number of anilines is 1. The van der Waals surface area contributed by atoms with Gasteiger partial charge in [-0.3, -0.25) is 0 Å². The first-order valence-electron chi connectivity index (χ1n) is 6.62. The fourth-order valence-corrected chi connectivity index (χ4v) is 2.19. The highest BCUT2D eigenvalue weighted by atomic mass is 16.5. The zero-order valence-electron chi connectivity index (χ0n) is 11.5. The van der Waals surface area contributed by atoms with Crippen molar-refractivity contribution in [2.75, 3.05) is 44.7 Å². The monoisotopic (exact) mass is 264 g/mol. The predicted molar refractivity (Wildman–Crippen MR) is 72.3 cm³/mol. The van der Waals surface area contributed by atoms with E-state index < -0.39 is 5.97 Å². The second-order valence-electron chi connectivity index (χ2n) is 4.54. The molecule has 6 nitrogen and oxygen atoms in total. The van der Waals surface area contributed by atoms with Crippen LogP contribution in [-0.4, -0.2) is 60.7 Å². The minimum atomic E-state index is -0.403. The lowest BCUT2D eigenvalue weighted by Crippen LogP contribution is -2.31. The van der Waals surface area contributed by atoms with Crippen molar-refractivity contribution in [3.8, 4) is 0 Å². The molecular formula is C13H20N4O2. The molecule has 0 bridgehead atoms. The standard InChI is InChI=1S/C13H20N4O2/c1-3-16-5-4-6-17(8-7-16)13-14-9-11(10-15-13)12(18)19-2/h9-10H,3-8H2,1-2H3. The molecule has 0 amide bonds. The summed E-state index contributed by atoms with van der Waals surface area (Å²) >= 11 is 0. The Labute approximate surface area is 113 Å². The topological polar surface area (TPSA) is 58.6 Å². The normalized spacial score (nSPS) is 17.1. The number of likely N-dealkylation sites (N-methyl/N-ethyl adjacent to an activating group) is 1. The number of methoxy groups -OCH3 is 1. The van der Waals surface area contributed by atoms with Gasteiger partial charge in [0, 0.05) is 32.0 Å². The smallest absolute Gasteiger partial charge is 0.341 e. The second kappa shape index (κ2) is 6.47. The average molecular weight is 264 g/mol. The summed E-state index contributed by atoms with van der Waals surface area (Å²) in [6, 6.07) is 0. The van der Waals surface area contributed by atoms with Crippen molar-refractivity contribution in [1.29, 1.82) is 0 Å². The molecule has 0 aliphatic carbocycles. The van der Waals surface area contributed by atoms with Crippen LogP contribution in [0.5, 0.6) is 0 Å². The summed E-state index contributed by atoms with van der Waals surface area (Å²) in [4.78, 5) is 24.4. The molecule has 0 N–H and O–H groups in total. The quantitative estimate of drug-likeness (QED) is 0.753. The van der Waals surface area contributed by atoms with Crippen LogP contribution >= 0.6 is 0 Å². The van der Waals surface area contributed by atoms with Gasteiger partial charge in [-0.2, -0.15) is 0 Å². The van der Waals surface area contributed by atoms with Gasteiger partial charge in [-0.25, -0.2) is 14.8 Å². The average Bonchev–Trinajstić information content (AvgIpc) is 2.72. The molecule has 1 fully saturated rings. The number of carbonyl (C=O) groups excluding carboxylic acids is 1. The second-order valence-corrected chi connectivity index (χ2v) is 4.54. The van der Waals surface area contributed by atoms with Crippen LogP contribution in [0.3, 0.4) is 0 Å². The van der Waals surface area contributed by atoms with Crippen LogP contribution in [0, 0.1) is 0 Å². The first-order chi connectivity index (χ1) is 9.24. The van der Waals surface area contributed by atoms with Gasteiger partial charge in [-0.15, -0.1) is 0 Å². The van der Waals surface area contributed by atoms with E-state index in [0.29, 0.717) is 11.5 Å². The molecule has 19 heavy (non-hydrogen) atoms. The van der Waals surface area contributed by atoms with E-state index in [0.717, 1.165) is 39.1 Å². The molecule has 1 aliphatic heterocycles. The number of nitrogens with zero attached hydrogens (tertiary/aromatic N) is 4. The maximum atomic E-state index is 11.3. The number of hydrogen-bond acceptors (Lipinski definition) is 6. The Morgan fingerprint density at radius 3 is 2.63 bits per heavy atom. The number of ether oxygens (including phenoxy) is 1. The maximum absolute atomic E-state index is 11.3. The van der Waals surface area contributed by atoms with Crippen LogP contribution < -0.4 is 4.90 Å².